The minimum atomic E-state index is -0.170. The molecule has 0 aliphatic rings. The highest BCUT2D eigenvalue weighted by Gasteiger charge is 2.00. The quantitative estimate of drug-likeness (QED) is 0.656. The zero-order valence-electron chi connectivity index (χ0n) is 11.9. The van der Waals surface area contributed by atoms with Gasteiger partial charge >= 0.3 is 0 Å². The predicted molar refractivity (Wildman–Crippen MR) is 83.4 cm³/mol. The molecule has 2 rings (SSSR count). The zero-order valence-corrected chi connectivity index (χ0v) is 11.9. The summed E-state index contributed by atoms with van der Waals surface area (Å²) in [4.78, 5) is 11.7. The van der Waals surface area contributed by atoms with Crippen molar-refractivity contribution in [3.63, 3.8) is 0 Å². The number of nitriles is 1. The van der Waals surface area contributed by atoms with Gasteiger partial charge in [-0.1, -0.05) is 30.3 Å². The lowest BCUT2D eigenvalue weighted by Gasteiger charge is -2.01. The molecule has 0 spiro atoms. The standard InChI is InChI=1S/C17H15N3O2/c18-10-11-22-16-8-6-15(7-9-16)13-19-20-17(21)12-14-4-2-1-3-5-14/h1-9,13H,11-12H2,(H,20,21). The molecule has 0 atom stereocenters. The molecule has 5 nitrogen and oxygen atoms in total. The largest absolute Gasteiger partial charge is 0.479 e. The first-order valence-corrected chi connectivity index (χ1v) is 6.73. The van der Waals surface area contributed by atoms with E-state index in [9.17, 15) is 4.79 Å². The van der Waals surface area contributed by atoms with E-state index >= 15 is 0 Å². The van der Waals surface area contributed by atoms with E-state index in [1.807, 2.05) is 36.4 Å². The third kappa shape index (κ3) is 5.10. The summed E-state index contributed by atoms with van der Waals surface area (Å²) in [7, 11) is 0. The lowest BCUT2D eigenvalue weighted by atomic mass is 10.1. The average molecular weight is 293 g/mol. The molecule has 0 aromatic heterocycles. The maximum Gasteiger partial charge on any atom is 0.244 e. The first kappa shape index (κ1) is 15.3. The molecule has 0 heterocycles. The minimum absolute atomic E-state index is 0.0168. The van der Waals surface area contributed by atoms with Crippen molar-refractivity contribution in [3.05, 3.63) is 65.7 Å². The zero-order chi connectivity index (χ0) is 15.6. The highest BCUT2D eigenvalue weighted by Crippen LogP contribution is 2.10. The van der Waals surface area contributed by atoms with Crippen molar-refractivity contribution in [2.24, 2.45) is 5.10 Å². The Morgan fingerprint density at radius 3 is 2.59 bits per heavy atom. The molecule has 0 saturated heterocycles. The average Bonchev–Trinajstić information content (AvgIpc) is 2.55. The molecule has 0 radical (unpaired) electrons. The second-order valence-electron chi connectivity index (χ2n) is 4.47. The Hall–Kier alpha value is -3.13. The van der Waals surface area contributed by atoms with Gasteiger partial charge < -0.3 is 4.74 Å². The van der Waals surface area contributed by atoms with E-state index in [-0.39, 0.29) is 12.5 Å². The van der Waals surface area contributed by atoms with Crippen molar-refractivity contribution >= 4 is 12.1 Å². The molecule has 0 saturated carbocycles. The molecule has 0 aliphatic heterocycles. The highest BCUT2D eigenvalue weighted by atomic mass is 16.5. The van der Waals surface area contributed by atoms with Crippen LogP contribution in [0.25, 0.3) is 0 Å². The number of ether oxygens (including phenoxy) is 1. The van der Waals surface area contributed by atoms with Gasteiger partial charge in [0.05, 0.1) is 12.6 Å². The molecule has 2 aromatic rings. The Kier molecular flexibility index (Phi) is 5.70. The van der Waals surface area contributed by atoms with Crippen LogP contribution in [0.3, 0.4) is 0 Å². The Bertz CT molecular complexity index is 673. The Labute approximate surface area is 128 Å². The highest BCUT2D eigenvalue weighted by molar-refractivity contribution is 5.83. The van der Waals surface area contributed by atoms with E-state index in [2.05, 4.69) is 10.5 Å². The van der Waals surface area contributed by atoms with Crippen LogP contribution in [0.1, 0.15) is 11.1 Å². The number of benzene rings is 2. The fourth-order valence-corrected chi connectivity index (χ4v) is 1.77. The summed E-state index contributed by atoms with van der Waals surface area (Å²) >= 11 is 0. The molecule has 1 amide bonds. The van der Waals surface area contributed by atoms with Crippen LogP contribution in [-0.4, -0.2) is 18.7 Å². The Morgan fingerprint density at radius 1 is 1.18 bits per heavy atom. The molecule has 1 N–H and O–H groups in total. The summed E-state index contributed by atoms with van der Waals surface area (Å²) in [6.07, 6.45) is 1.84. The maximum atomic E-state index is 11.7. The van der Waals surface area contributed by atoms with Gasteiger partial charge in [-0.25, -0.2) is 5.43 Å². The number of amides is 1. The number of rotatable bonds is 6. The van der Waals surface area contributed by atoms with Crippen LogP contribution in [0.2, 0.25) is 0 Å². The molecular weight excluding hydrogens is 278 g/mol. The van der Waals surface area contributed by atoms with Crippen LogP contribution in [-0.2, 0) is 11.2 Å². The van der Waals surface area contributed by atoms with Crippen molar-refractivity contribution < 1.29 is 9.53 Å². The van der Waals surface area contributed by atoms with Crippen LogP contribution in [0.4, 0.5) is 0 Å². The van der Waals surface area contributed by atoms with Crippen molar-refractivity contribution in [2.75, 3.05) is 6.61 Å². The lowest BCUT2D eigenvalue weighted by molar-refractivity contribution is -0.120. The molecular formula is C17H15N3O2. The predicted octanol–water partition coefficient (Wildman–Crippen LogP) is 2.28. The van der Waals surface area contributed by atoms with Gasteiger partial charge in [0.1, 0.15) is 11.8 Å². The third-order valence-corrected chi connectivity index (χ3v) is 2.79. The number of hydrazone groups is 1. The number of hydrogen-bond acceptors (Lipinski definition) is 4. The van der Waals surface area contributed by atoms with Crippen LogP contribution in [0.15, 0.2) is 59.7 Å². The summed E-state index contributed by atoms with van der Waals surface area (Å²) < 4.78 is 5.14. The molecule has 0 aliphatic carbocycles. The summed E-state index contributed by atoms with van der Waals surface area (Å²) in [6.45, 7) is 0.0168. The number of carbonyl (C=O) groups is 1. The molecule has 0 fully saturated rings. The fourth-order valence-electron chi connectivity index (χ4n) is 1.77. The Morgan fingerprint density at radius 2 is 1.91 bits per heavy atom. The number of nitrogens with one attached hydrogen (secondary N) is 1. The molecule has 2 aromatic carbocycles. The van der Waals surface area contributed by atoms with E-state index in [0.29, 0.717) is 12.2 Å². The van der Waals surface area contributed by atoms with Gasteiger partial charge in [0.25, 0.3) is 0 Å². The number of carbonyl (C=O) groups excluding carboxylic acids is 1. The van der Waals surface area contributed by atoms with E-state index < -0.39 is 0 Å². The van der Waals surface area contributed by atoms with Crippen molar-refractivity contribution in [2.45, 2.75) is 6.42 Å². The van der Waals surface area contributed by atoms with Gasteiger partial charge in [-0.3, -0.25) is 4.79 Å². The summed E-state index contributed by atoms with van der Waals surface area (Å²) in [5.41, 5.74) is 4.25. The molecule has 22 heavy (non-hydrogen) atoms. The van der Waals surface area contributed by atoms with Gasteiger partial charge in [-0.15, -0.1) is 0 Å². The van der Waals surface area contributed by atoms with Gasteiger partial charge in [0.15, 0.2) is 6.61 Å². The minimum Gasteiger partial charge on any atom is -0.479 e. The summed E-state index contributed by atoms with van der Waals surface area (Å²) in [6, 6.07) is 18.4. The maximum absolute atomic E-state index is 11.7. The lowest BCUT2D eigenvalue weighted by Crippen LogP contribution is -2.19. The van der Waals surface area contributed by atoms with Gasteiger partial charge in [0, 0.05) is 0 Å². The van der Waals surface area contributed by atoms with Gasteiger partial charge in [-0.2, -0.15) is 10.4 Å². The second kappa shape index (κ2) is 8.22. The van der Waals surface area contributed by atoms with E-state index in [4.69, 9.17) is 10.00 Å². The van der Waals surface area contributed by atoms with Crippen LogP contribution in [0.5, 0.6) is 5.75 Å². The van der Waals surface area contributed by atoms with Crippen LogP contribution < -0.4 is 10.2 Å². The first-order valence-electron chi connectivity index (χ1n) is 6.73. The number of nitrogens with zero attached hydrogens (tertiary/aromatic N) is 2. The van der Waals surface area contributed by atoms with E-state index in [1.165, 1.54) is 0 Å². The van der Waals surface area contributed by atoms with Crippen molar-refractivity contribution in [1.29, 1.82) is 5.26 Å². The number of hydrogen-bond donors (Lipinski definition) is 1. The molecule has 5 heteroatoms. The van der Waals surface area contributed by atoms with Crippen LogP contribution >= 0.6 is 0 Å². The normalized spacial score (nSPS) is 10.1. The summed E-state index contributed by atoms with van der Waals surface area (Å²) in [5, 5.41) is 12.3. The van der Waals surface area contributed by atoms with E-state index in [0.717, 1.165) is 11.1 Å². The Balaban J connectivity index is 1.82. The third-order valence-electron chi connectivity index (χ3n) is 2.79. The van der Waals surface area contributed by atoms with Crippen molar-refractivity contribution in [3.8, 4) is 11.8 Å². The molecule has 110 valence electrons. The molecule has 0 bridgehead atoms. The van der Waals surface area contributed by atoms with E-state index in [1.54, 1.807) is 30.5 Å². The van der Waals surface area contributed by atoms with Crippen molar-refractivity contribution in [1.82, 2.24) is 5.43 Å². The smallest absolute Gasteiger partial charge is 0.244 e. The second-order valence-corrected chi connectivity index (χ2v) is 4.47. The fraction of sp³-hybridized carbons (Fsp3) is 0.118. The van der Waals surface area contributed by atoms with Gasteiger partial charge in [-0.05, 0) is 35.4 Å². The molecule has 0 unspecified atom stereocenters. The topological polar surface area (TPSA) is 74.5 Å². The van der Waals surface area contributed by atoms with Gasteiger partial charge in [0.2, 0.25) is 5.91 Å². The first-order chi connectivity index (χ1) is 10.8. The van der Waals surface area contributed by atoms with Crippen LogP contribution in [0, 0.1) is 11.3 Å². The SMILES string of the molecule is N#CCOc1ccc(C=NNC(=O)Cc2ccccc2)cc1. The monoisotopic (exact) mass is 293 g/mol. The summed E-state index contributed by atoms with van der Waals surface area (Å²) in [5.74, 6) is 0.447.